The summed E-state index contributed by atoms with van der Waals surface area (Å²) in [5.74, 6) is -3.10. The van der Waals surface area contributed by atoms with Gasteiger partial charge in [0.15, 0.2) is 5.96 Å². The van der Waals surface area contributed by atoms with Crippen LogP contribution in [0.4, 0.5) is 0 Å². The molecule has 0 aliphatic rings. The first-order chi connectivity index (χ1) is 14.3. The van der Waals surface area contributed by atoms with Gasteiger partial charge in [-0.05, 0) is 18.8 Å². The molecule has 11 N–H and O–H groups in total. The predicted molar refractivity (Wildman–Crippen MR) is 115 cm³/mol. The van der Waals surface area contributed by atoms with Crippen LogP contribution in [0.15, 0.2) is 17.1 Å². The van der Waals surface area contributed by atoms with E-state index in [-0.39, 0.29) is 24.8 Å². The van der Waals surface area contributed by atoms with Crippen LogP contribution in [0.2, 0.25) is 0 Å². The van der Waals surface area contributed by atoms with Crippen LogP contribution >= 0.6 is 7.60 Å². The van der Waals surface area contributed by atoms with E-state index in [0.29, 0.717) is 12.8 Å². The molecule has 0 aromatic rings. The summed E-state index contributed by atoms with van der Waals surface area (Å²) in [6.45, 7) is 3.83. The minimum Gasteiger partial charge on any atom is -0.479 e. The standard InChI is InChI=1S/C17H33N6O7P/c1-3-10(2)13(18)15(25)22-11(6-4-8-21-17(19)20)14(24)23-12(16(26)27)7-5-9-31(28,29)30/h5,7,10-13H,3-4,6,8-9,18H2,1-2H3,(H,22,25)(H,23,24)(H,26,27)(H4,19,20,21)(H2,28,29,30)/b7-5-/t10-,11+,12+,13-/m0/s1. The lowest BCUT2D eigenvalue weighted by atomic mass is 9.98. The van der Waals surface area contributed by atoms with Gasteiger partial charge in [-0.25, -0.2) is 4.79 Å². The van der Waals surface area contributed by atoms with Crippen molar-refractivity contribution in [1.82, 2.24) is 10.6 Å². The van der Waals surface area contributed by atoms with Gasteiger partial charge in [0.1, 0.15) is 12.1 Å². The summed E-state index contributed by atoms with van der Waals surface area (Å²) < 4.78 is 10.9. The Bertz CT molecular complexity index is 720. The van der Waals surface area contributed by atoms with Crippen molar-refractivity contribution < 1.29 is 33.8 Å². The molecule has 13 nitrogen and oxygen atoms in total. The fraction of sp³-hybridized carbons (Fsp3) is 0.647. The zero-order valence-corrected chi connectivity index (χ0v) is 18.5. The molecule has 0 rings (SSSR count). The summed E-state index contributed by atoms with van der Waals surface area (Å²) >= 11 is 0. The van der Waals surface area contributed by atoms with Crippen LogP contribution in [-0.2, 0) is 18.9 Å². The number of carboxylic acids is 1. The number of allylic oxidation sites excluding steroid dienone is 1. The van der Waals surface area contributed by atoms with Crippen LogP contribution in [0.1, 0.15) is 33.1 Å². The van der Waals surface area contributed by atoms with Crippen LogP contribution < -0.4 is 27.8 Å². The highest BCUT2D eigenvalue weighted by atomic mass is 31.2. The summed E-state index contributed by atoms with van der Waals surface area (Å²) in [6.07, 6.45) is 2.27. The minimum absolute atomic E-state index is 0.0973. The van der Waals surface area contributed by atoms with Crippen LogP contribution in [0.5, 0.6) is 0 Å². The Kier molecular flexibility index (Phi) is 12.7. The summed E-state index contributed by atoms with van der Waals surface area (Å²) in [5.41, 5.74) is 16.4. The smallest absolute Gasteiger partial charge is 0.330 e. The van der Waals surface area contributed by atoms with Gasteiger partial charge in [0.05, 0.1) is 12.2 Å². The van der Waals surface area contributed by atoms with Gasteiger partial charge in [-0.2, -0.15) is 0 Å². The molecule has 0 bridgehead atoms. The third-order valence-corrected chi connectivity index (χ3v) is 5.06. The maximum absolute atomic E-state index is 12.6. The largest absolute Gasteiger partial charge is 0.479 e. The second-order valence-electron chi connectivity index (χ2n) is 7.02. The number of aliphatic imine (C=N–C) groups is 1. The number of nitrogens with zero attached hydrogens (tertiary/aromatic N) is 1. The molecule has 0 saturated carbocycles. The molecule has 0 saturated heterocycles. The summed E-state index contributed by atoms with van der Waals surface area (Å²) in [5, 5.41) is 14.0. The first kappa shape index (κ1) is 28.5. The molecule has 0 aliphatic carbocycles. The second kappa shape index (κ2) is 13.8. The van der Waals surface area contributed by atoms with E-state index in [0.717, 1.165) is 12.2 Å². The van der Waals surface area contributed by atoms with Gasteiger partial charge in [-0.15, -0.1) is 0 Å². The number of carbonyl (C=O) groups is 3. The zero-order chi connectivity index (χ0) is 24.2. The number of guanidine groups is 1. The minimum atomic E-state index is -4.37. The molecule has 0 aromatic heterocycles. The fourth-order valence-electron chi connectivity index (χ4n) is 2.33. The highest BCUT2D eigenvalue weighted by molar-refractivity contribution is 7.51. The van der Waals surface area contributed by atoms with Crippen molar-refractivity contribution >= 4 is 31.3 Å². The highest BCUT2D eigenvalue weighted by Gasteiger charge is 2.28. The monoisotopic (exact) mass is 464 g/mol. The Morgan fingerprint density at radius 1 is 1.16 bits per heavy atom. The van der Waals surface area contributed by atoms with Crippen LogP contribution in [0.25, 0.3) is 0 Å². The molecular formula is C17H33N6O7P. The fourth-order valence-corrected chi connectivity index (χ4v) is 2.73. The molecule has 14 heteroatoms. The molecule has 178 valence electrons. The molecule has 0 unspecified atom stereocenters. The average Bonchev–Trinajstić information content (AvgIpc) is 2.66. The SMILES string of the molecule is CC[C@H](C)[C@H](N)C(=O)N[C@H](CCCN=C(N)N)C(=O)N[C@H](/C=C\CP(=O)(O)O)C(=O)O. The topological polar surface area (TPSA) is 243 Å². The van der Waals surface area contributed by atoms with E-state index in [2.05, 4.69) is 15.6 Å². The molecule has 31 heavy (non-hydrogen) atoms. The molecule has 0 heterocycles. The Hall–Kier alpha value is -2.47. The number of aliphatic carboxylic acids is 1. The number of hydrogen-bond donors (Lipinski definition) is 8. The Morgan fingerprint density at radius 3 is 2.26 bits per heavy atom. The third kappa shape index (κ3) is 12.7. The van der Waals surface area contributed by atoms with E-state index in [1.807, 2.05) is 6.92 Å². The van der Waals surface area contributed by atoms with E-state index in [4.69, 9.17) is 27.0 Å². The van der Waals surface area contributed by atoms with Crippen molar-refractivity contribution in [2.45, 2.75) is 51.2 Å². The van der Waals surface area contributed by atoms with Gasteiger partial charge >= 0.3 is 13.6 Å². The lowest BCUT2D eigenvalue weighted by Gasteiger charge is -2.24. The first-order valence-electron chi connectivity index (χ1n) is 9.64. The van der Waals surface area contributed by atoms with Crippen LogP contribution in [0, 0.1) is 5.92 Å². The first-order valence-corrected chi connectivity index (χ1v) is 11.4. The molecular weight excluding hydrogens is 431 g/mol. The van der Waals surface area contributed by atoms with Gasteiger partial charge in [0.2, 0.25) is 11.8 Å². The molecule has 4 atom stereocenters. The predicted octanol–water partition coefficient (Wildman–Crippen LogP) is -1.80. The van der Waals surface area contributed by atoms with E-state index < -0.39 is 49.7 Å². The average molecular weight is 464 g/mol. The quantitative estimate of drug-likeness (QED) is 0.0471. The van der Waals surface area contributed by atoms with E-state index in [1.54, 1.807) is 6.92 Å². The van der Waals surface area contributed by atoms with Crippen molar-refractivity contribution in [3.63, 3.8) is 0 Å². The molecule has 0 fully saturated rings. The zero-order valence-electron chi connectivity index (χ0n) is 17.6. The molecule has 0 aromatic carbocycles. The Labute approximate surface area is 180 Å². The lowest BCUT2D eigenvalue weighted by molar-refractivity contribution is -0.140. The Morgan fingerprint density at radius 2 is 1.77 bits per heavy atom. The second-order valence-corrected chi connectivity index (χ2v) is 8.72. The number of hydrogen-bond acceptors (Lipinski definition) is 6. The highest BCUT2D eigenvalue weighted by Crippen LogP contribution is 2.33. The van der Waals surface area contributed by atoms with E-state index in [9.17, 15) is 24.1 Å². The van der Waals surface area contributed by atoms with Gasteiger partial charge in [-0.3, -0.25) is 19.1 Å². The van der Waals surface area contributed by atoms with Gasteiger partial charge < -0.3 is 42.7 Å². The van der Waals surface area contributed by atoms with Crippen molar-refractivity contribution in [3.05, 3.63) is 12.2 Å². The summed E-state index contributed by atoms with van der Waals surface area (Å²) in [4.78, 5) is 57.9. The number of nitrogens with one attached hydrogen (secondary N) is 2. The van der Waals surface area contributed by atoms with Crippen molar-refractivity contribution in [2.24, 2.45) is 28.1 Å². The number of carboxylic acid groups (broad SMARTS) is 1. The lowest BCUT2D eigenvalue weighted by Crippen LogP contribution is -2.55. The molecule has 0 radical (unpaired) electrons. The van der Waals surface area contributed by atoms with Crippen LogP contribution in [0.3, 0.4) is 0 Å². The molecule has 2 amide bonds. The van der Waals surface area contributed by atoms with E-state index in [1.165, 1.54) is 0 Å². The maximum atomic E-state index is 12.6. The molecule has 0 aliphatic heterocycles. The van der Waals surface area contributed by atoms with Crippen molar-refractivity contribution in [2.75, 3.05) is 12.7 Å². The summed E-state index contributed by atoms with van der Waals surface area (Å²) in [6, 6.07) is -3.54. The van der Waals surface area contributed by atoms with Gasteiger partial charge in [-0.1, -0.05) is 32.4 Å². The summed E-state index contributed by atoms with van der Waals surface area (Å²) in [7, 11) is -4.37. The number of amides is 2. The number of carbonyl (C=O) groups excluding carboxylic acids is 2. The van der Waals surface area contributed by atoms with Gasteiger partial charge in [0, 0.05) is 6.54 Å². The normalized spacial score (nSPS) is 15.5. The van der Waals surface area contributed by atoms with Crippen LogP contribution in [-0.4, -0.2) is 69.5 Å². The number of rotatable bonds is 14. The number of nitrogens with two attached hydrogens (primary N) is 3. The van der Waals surface area contributed by atoms with Crippen molar-refractivity contribution in [1.29, 1.82) is 0 Å². The maximum Gasteiger partial charge on any atom is 0.330 e. The van der Waals surface area contributed by atoms with E-state index >= 15 is 0 Å². The van der Waals surface area contributed by atoms with Crippen molar-refractivity contribution in [3.8, 4) is 0 Å². The van der Waals surface area contributed by atoms with Gasteiger partial charge in [0.25, 0.3) is 0 Å². The Balaban J connectivity index is 5.33. The third-order valence-electron chi connectivity index (χ3n) is 4.37. The molecule has 0 spiro atoms.